The molecule has 0 bridgehead atoms. The van der Waals surface area contributed by atoms with E-state index in [-0.39, 0.29) is 5.91 Å². The number of aromatic nitrogens is 6. The minimum absolute atomic E-state index is 0.287. The maximum atomic E-state index is 13.0. The van der Waals surface area contributed by atoms with Gasteiger partial charge in [0.1, 0.15) is 0 Å². The zero-order valence-corrected chi connectivity index (χ0v) is 18.9. The van der Waals surface area contributed by atoms with E-state index in [4.69, 9.17) is 5.10 Å². The van der Waals surface area contributed by atoms with Gasteiger partial charge in [-0.3, -0.25) is 9.78 Å². The Kier molecular flexibility index (Phi) is 5.70. The van der Waals surface area contributed by atoms with Crippen molar-refractivity contribution in [3.05, 3.63) is 108 Å². The van der Waals surface area contributed by atoms with Crippen molar-refractivity contribution in [2.75, 3.05) is 0 Å². The summed E-state index contributed by atoms with van der Waals surface area (Å²) >= 11 is 0. The minimum Gasteiger partial charge on any atom is -0.346 e. The van der Waals surface area contributed by atoms with Crippen molar-refractivity contribution >= 4 is 5.91 Å². The lowest BCUT2D eigenvalue weighted by atomic mass is 10.1. The summed E-state index contributed by atoms with van der Waals surface area (Å²) in [6.45, 7) is 4.15. The number of carbonyl (C=O) groups excluding carboxylic acids is 1. The van der Waals surface area contributed by atoms with Crippen molar-refractivity contribution in [3.8, 4) is 22.6 Å². The molecule has 5 aromatic rings. The Hall–Kier alpha value is -4.59. The number of nitrogens with one attached hydrogen (secondary N) is 1. The molecule has 34 heavy (non-hydrogen) atoms. The van der Waals surface area contributed by atoms with Gasteiger partial charge in [-0.25, -0.2) is 9.36 Å². The lowest BCUT2D eigenvalue weighted by Crippen LogP contribution is -2.24. The highest BCUT2D eigenvalue weighted by Crippen LogP contribution is 2.23. The number of nitrogens with zero attached hydrogens (tertiary/aromatic N) is 6. The third-order valence-electron chi connectivity index (χ3n) is 5.56. The van der Waals surface area contributed by atoms with Crippen LogP contribution in [0, 0.1) is 13.8 Å². The highest BCUT2D eigenvalue weighted by molar-refractivity contribution is 5.93. The smallest absolute Gasteiger partial charge is 0.274 e. The molecule has 0 aliphatic rings. The van der Waals surface area contributed by atoms with Gasteiger partial charge in [-0.1, -0.05) is 35.5 Å². The molecule has 0 fully saturated rings. The lowest BCUT2D eigenvalue weighted by molar-refractivity contribution is 0.0945. The first-order valence-corrected chi connectivity index (χ1v) is 10.9. The molecule has 0 atom stereocenters. The molecule has 5 rings (SSSR count). The molecule has 8 nitrogen and oxygen atoms in total. The number of amides is 1. The maximum absolute atomic E-state index is 13.0. The van der Waals surface area contributed by atoms with E-state index in [0.29, 0.717) is 17.9 Å². The molecular weight excluding hydrogens is 426 g/mol. The Labute approximate surface area is 196 Å². The molecule has 0 spiro atoms. The Bertz CT molecular complexity index is 1440. The van der Waals surface area contributed by atoms with Gasteiger partial charge in [0.05, 0.1) is 22.8 Å². The molecule has 0 aliphatic heterocycles. The second-order valence-corrected chi connectivity index (χ2v) is 7.98. The average Bonchev–Trinajstić information content (AvgIpc) is 3.47. The van der Waals surface area contributed by atoms with Crippen LogP contribution in [-0.4, -0.2) is 35.7 Å². The monoisotopic (exact) mass is 449 g/mol. The van der Waals surface area contributed by atoms with Crippen LogP contribution in [0.4, 0.5) is 0 Å². The van der Waals surface area contributed by atoms with Crippen LogP contribution in [0.15, 0.2) is 85.3 Å². The summed E-state index contributed by atoms with van der Waals surface area (Å²) in [6.07, 6.45) is 5.39. The molecule has 168 valence electrons. The van der Waals surface area contributed by atoms with Crippen molar-refractivity contribution in [1.29, 1.82) is 0 Å². The second kappa shape index (κ2) is 9.11. The van der Waals surface area contributed by atoms with E-state index in [1.165, 1.54) is 0 Å². The summed E-state index contributed by atoms with van der Waals surface area (Å²) in [5.74, 6) is -0.287. The van der Waals surface area contributed by atoms with E-state index in [9.17, 15) is 4.79 Å². The van der Waals surface area contributed by atoms with Gasteiger partial charge >= 0.3 is 0 Å². The zero-order valence-electron chi connectivity index (χ0n) is 18.9. The standard InChI is InChI=1S/C26H23N7O/c1-18-7-6-10-23(15-18)33-19(2)24(29-31-33)26(34)28-16-21-17-32(22-8-4-3-5-9-22)30-25(21)20-11-13-27-14-12-20/h3-15,17H,16H2,1-2H3,(H,28,34). The van der Waals surface area contributed by atoms with Gasteiger partial charge in [-0.15, -0.1) is 5.10 Å². The number of rotatable bonds is 6. The van der Waals surface area contributed by atoms with E-state index < -0.39 is 0 Å². The number of hydrogen-bond donors (Lipinski definition) is 1. The van der Waals surface area contributed by atoms with E-state index >= 15 is 0 Å². The molecule has 0 aliphatic carbocycles. The fourth-order valence-electron chi connectivity index (χ4n) is 3.81. The first kappa shape index (κ1) is 21.3. The van der Waals surface area contributed by atoms with Crippen molar-refractivity contribution in [2.24, 2.45) is 0 Å². The first-order chi connectivity index (χ1) is 16.6. The van der Waals surface area contributed by atoms with Crippen LogP contribution >= 0.6 is 0 Å². The first-order valence-electron chi connectivity index (χ1n) is 10.9. The normalized spacial score (nSPS) is 10.9. The van der Waals surface area contributed by atoms with Crippen molar-refractivity contribution in [1.82, 2.24) is 35.1 Å². The van der Waals surface area contributed by atoms with Gasteiger partial charge in [-0.05, 0) is 55.8 Å². The number of carbonyl (C=O) groups is 1. The SMILES string of the molecule is Cc1cccc(-n2nnc(C(=O)NCc3cn(-c4ccccc4)nc3-c3ccncc3)c2C)c1. The van der Waals surface area contributed by atoms with Gasteiger partial charge < -0.3 is 5.32 Å². The van der Waals surface area contributed by atoms with Gasteiger partial charge in [0, 0.05) is 36.3 Å². The average molecular weight is 450 g/mol. The molecule has 0 radical (unpaired) electrons. The minimum atomic E-state index is -0.287. The van der Waals surface area contributed by atoms with E-state index in [0.717, 1.165) is 33.8 Å². The summed E-state index contributed by atoms with van der Waals surface area (Å²) in [5, 5.41) is 16.1. The third-order valence-corrected chi connectivity index (χ3v) is 5.56. The molecule has 3 aromatic heterocycles. The fraction of sp³-hybridized carbons (Fsp3) is 0.115. The van der Waals surface area contributed by atoms with Crippen molar-refractivity contribution < 1.29 is 4.79 Å². The molecule has 3 heterocycles. The number of aryl methyl sites for hydroxylation is 1. The Morgan fingerprint density at radius 2 is 1.71 bits per heavy atom. The summed E-state index contributed by atoms with van der Waals surface area (Å²) in [7, 11) is 0. The molecule has 0 unspecified atom stereocenters. The van der Waals surface area contributed by atoms with Crippen LogP contribution < -0.4 is 5.32 Å². The van der Waals surface area contributed by atoms with E-state index in [2.05, 4.69) is 20.6 Å². The highest BCUT2D eigenvalue weighted by Gasteiger charge is 2.19. The molecule has 0 saturated carbocycles. The van der Waals surface area contributed by atoms with Crippen LogP contribution in [0.3, 0.4) is 0 Å². The summed E-state index contributed by atoms with van der Waals surface area (Å²) in [4.78, 5) is 17.1. The number of benzene rings is 2. The topological polar surface area (TPSA) is 90.5 Å². The van der Waals surface area contributed by atoms with Crippen LogP contribution in [0.5, 0.6) is 0 Å². The molecule has 0 saturated heterocycles. The number of para-hydroxylation sites is 1. The lowest BCUT2D eigenvalue weighted by Gasteiger charge is -2.06. The van der Waals surface area contributed by atoms with E-state index in [1.807, 2.05) is 91.5 Å². The van der Waals surface area contributed by atoms with Gasteiger partial charge in [0.2, 0.25) is 0 Å². The highest BCUT2D eigenvalue weighted by atomic mass is 16.2. The number of hydrogen-bond acceptors (Lipinski definition) is 5. The quantitative estimate of drug-likeness (QED) is 0.422. The van der Waals surface area contributed by atoms with Crippen LogP contribution in [-0.2, 0) is 6.54 Å². The predicted molar refractivity (Wildman–Crippen MR) is 129 cm³/mol. The van der Waals surface area contributed by atoms with Gasteiger partial charge in [0.15, 0.2) is 5.69 Å². The molecular formula is C26H23N7O. The van der Waals surface area contributed by atoms with Crippen molar-refractivity contribution in [2.45, 2.75) is 20.4 Å². The van der Waals surface area contributed by atoms with Crippen LogP contribution in [0.25, 0.3) is 22.6 Å². The largest absolute Gasteiger partial charge is 0.346 e. The van der Waals surface area contributed by atoms with Gasteiger partial charge in [0.25, 0.3) is 5.91 Å². The van der Waals surface area contributed by atoms with Crippen molar-refractivity contribution in [3.63, 3.8) is 0 Å². The molecule has 2 aromatic carbocycles. The van der Waals surface area contributed by atoms with Crippen LogP contribution in [0.2, 0.25) is 0 Å². The summed E-state index contributed by atoms with van der Waals surface area (Å²) in [6, 6.07) is 21.6. The summed E-state index contributed by atoms with van der Waals surface area (Å²) < 4.78 is 3.49. The van der Waals surface area contributed by atoms with E-state index in [1.54, 1.807) is 17.1 Å². The fourth-order valence-corrected chi connectivity index (χ4v) is 3.81. The number of pyridine rings is 1. The maximum Gasteiger partial charge on any atom is 0.274 e. The third kappa shape index (κ3) is 4.21. The second-order valence-electron chi connectivity index (χ2n) is 7.98. The van der Waals surface area contributed by atoms with Gasteiger partial charge in [-0.2, -0.15) is 5.10 Å². The molecule has 1 amide bonds. The van der Waals surface area contributed by atoms with Crippen LogP contribution in [0.1, 0.15) is 27.3 Å². The Balaban J connectivity index is 1.41. The Morgan fingerprint density at radius 3 is 2.47 bits per heavy atom. The zero-order chi connectivity index (χ0) is 23.5. The Morgan fingerprint density at radius 1 is 0.941 bits per heavy atom. The molecule has 8 heteroatoms. The molecule has 1 N–H and O–H groups in total. The summed E-state index contributed by atoms with van der Waals surface area (Å²) in [5.41, 5.74) is 6.48. The predicted octanol–water partition coefficient (Wildman–Crippen LogP) is 4.06.